The van der Waals surface area contributed by atoms with E-state index in [0.717, 1.165) is 44.9 Å². The third kappa shape index (κ3) is 3.46. The Morgan fingerprint density at radius 2 is 1.67 bits per heavy atom. The van der Waals surface area contributed by atoms with Crippen molar-refractivity contribution in [3.63, 3.8) is 0 Å². The van der Waals surface area contributed by atoms with Crippen LogP contribution in [0.3, 0.4) is 0 Å². The summed E-state index contributed by atoms with van der Waals surface area (Å²) < 4.78 is 26.9. The molecule has 0 N–H and O–H groups in total. The highest BCUT2D eigenvalue weighted by Gasteiger charge is 2.35. The minimum Gasteiger partial charge on any atom is -0.265 e. The van der Waals surface area contributed by atoms with Gasteiger partial charge in [-0.3, -0.25) is 4.98 Å². The highest BCUT2D eigenvalue weighted by molar-refractivity contribution is 7.89. The Bertz CT molecular complexity index is 545. The van der Waals surface area contributed by atoms with E-state index in [4.69, 9.17) is 0 Å². The Hall–Kier alpha value is -0.940. The van der Waals surface area contributed by atoms with Crippen molar-refractivity contribution in [1.29, 1.82) is 0 Å². The van der Waals surface area contributed by atoms with Gasteiger partial charge in [-0.05, 0) is 55.7 Å². The molecule has 3 rings (SSSR count). The molecule has 4 nitrogen and oxygen atoms in total. The zero-order valence-corrected chi connectivity index (χ0v) is 13.3. The number of hydrogen-bond donors (Lipinski definition) is 0. The van der Waals surface area contributed by atoms with Gasteiger partial charge in [0.05, 0.1) is 5.25 Å². The monoisotopic (exact) mass is 308 g/mol. The lowest BCUT2D eigenvalue weighted by Crippen LogP contribution is -2.43. The molecule has 1 saturated carbocycles. The lowest BCUT2D eigenvalue weighted by molar-refractivity contribution is 0.270. The molecule has 0 unspecified atom stereocenters. The SMILES string of the molecule is O=S(=O)(C1CCCC1)N1CCC(Cc2ccncc2)CC1. The fourth-order valence-corrected chi connectivity index (χ4v) is 5.69. The highest BCUT2D eigenvalue weighted by atomic mass is 32.2. The molecule has 2 heterocycles. The zero-order chi connectivity index (χ0) is 14.7. The molecule has 1 aromatic heterocycles. The van der Waals surface area contributed by atoms with Gasteiger partial charge in [-0.25, -0.2) is 12.7 Å². The van der Waals surface area contributed by atoms with E-state index in [1.54, 1.807) is 4.31 Å². The van der Waals surface area contributed by atoms with Crippen molar-refractivity contribution in [3.8, 4) is 0 Å². The van der Waals surface area contributed by atoms with E-state index in [-0.39, 0.29) is 5.25 Å². The standard InChI is InChI=1S/C16H24N2O2S/c19-21(20,16-3-1-2-4-16)18-11-7-15(8-12-18)13-14-5-9-17-10-6-14/h5-6,9-10,15-16H,1-4,7-8,11-13H2. The molecular formula is C16H24N2O2S. The average molecular weight is 308 g/mol. The number of nitrogens with zero attached hydrogens (tertiary/aromatic N) is 2. The summed E-state index contributed by atoms with van der Waals surface area (Å²) in [6.07, 6.45) is 10.5. The van der Waals surface area contributed by atoms with Gasteiger partial charge in [0.2, 0.25) is 10.0 Å². The first-order valence-electron chi connectivity index (χ1n) is 8.04. The van der Waals surface area contributed by atoms with Crippen LogP contribution in [-0.2, 0) is 16.4 Å². The Labute approximate surface area is 127 Å². The van der Waals surface area contributed by atoms with Gasteiger partial charge in [-0.15, -0.1) is 0 Å². The molecule has 2 fully saturated rings. The van der Waals surface area contributed by atoms with Gasteiger partial charge in [0, 0.05) is 25.5 Å². The summed E-state index contributed by atoms with van der Waals surface area (Å²) in [7, 11) is -3.03. The van der Waals surface area contributed by atoms with Gasteiger partial charge in [0.1, 0.15) is 0 Å². The fraction of sp³-hybridized carbons (Fsp3) is 0.688. The van der Waals surface area contributed by atoms with Crippen LogP contribution in [-0.4, -0.2) is 36.0 Å². The lowest BCUT2D eigenvalue weighted by Gasteiger charge is -2.33. The van der Waals surface area contributed by atoms with Crippen molar-refractivity contribution in [2.24, 2.45) is 5.92 Å². The summed E-state index contributed by atoms with van der Waals surface area (Å²) in [6, 6.07) is 4.11. The molecule has 0 amide bonds. The van der Waals surface area contributed by atoms with Crippen LogP contribution in [0.25, 0.3) is 0 Å². The number of piperidine rings is 1. The van der Waals surface area contributed by atoms with Crippen molar-refractivity contribution >= 4 is 10.0 Å². The van der Waals surface area contributed by atoms with E-state index in [1.165, 1.54) is 5.56 Å². The summed E-state index contributed by atoms with van der Waals surface area (Å²) in [5.74, 6) is 0.599. The molecule has 1 aliphatic heterocycles. The van der Waals surface area contributed by atoms with Gasteiger partial charge in [0.15, 0.2) is 0 Å². The second-order valence-corrected chi connectivity index (χ2v) is 8.57. The third-order valence-electron chi connectivity index (χ3n) is 4.93. The first-order chi connectivity index (χ1) is 10.2. The Kier molecular flexibility index (Phi) is 4.60. The maximum atomic E-state index is 12.6. The first kappa shape index (κ1) is 15.0. The van der Waals surface area contributed by atoms with Gasteiger partial charge >= 0.3 is 0 Å². The molecule has 1 aliphatic carbocycles. The van der Waals surface area contributed by atoms with Crippen molar-refractivity contribution in [1.82, 2.24) is 9.29 Å². The highest BCUT2D eigenvalue weighted by Crippen LogP contribution is 2.30. The van der Waals surface area contributed by atoms with E-state index < -0.39 is 10.0 Å². The minimum atomic E-state index is -3.03. The van der Waals surface area contributed by atoms with Gasteiger partial charge in [-0.1, -0.05) is 12.8 Å². The Balaban J connectivity index is 1.55. The van der Waals surface area contributed by atoms with Crippen LogP contribution in [0.15, 0.2) is 24.5 Å². The molecule has 0 aromatic carbocycles. The maximum Gasteiger partial charge on any atom is 0.216 e. The van der Waals surface area contributed by atoms with Gasteiger partial charge in [-0.2, -0.15) is 0 Å². The van der Waals surface area contributed by atoms with E-state index in [9.17, 15) is 8.42 Å². The van der Waals surface area contributed by atoms with Crippen molar-refractivity contribution in [2.45, 2.75) is 50.2 Å². The molecule has 1 aromatic rings. The predicted octanol–water partition coefficient (Wildman–Crippen LogP) is 2.61. The summed E-state index contributed by atoms with van der Waals surface area (Å²) in [6.45, 7) is 1.41. The smallest absolute Gasteiger partial charge is 0.216 e. The van der Waals surface area contributed by atoms with Crippen LogP contribution in [0.4, 0.5) is 0 Å². The van der Waals surface area contributed by atoms with E-state index >= 15 is 0 Å². The molecule has 0 atom stereocenters. The summed E-state index contributed by atoms with van der Waals surface area (Å²) >= 11 is 0. The lowest BCUT2D eigenvalue weighted by atomic mass is 9.91. The second kappa shape index (κ2) is 6.44. The van der Waals surface area contributed by atoms with E-state index in [2.05, 4.69) is 17.1 Å². The molecule has 0 bridgehead atoms. The molecule has 116 valence electrons. The van der Waals surface area contributed by atoms with Crippen LogP contribution in [0, 0.1) is 5.92 Å². The Morgan fingerprint density at radius 1 is 1.05 bits per heavy atom. The minimum absolute atomic E-state index is 0.103. The van der Waals surface area contributed by atoms with Crippen LogP contribution in [0.1, 0.15) is 44.1 Å². The molecule has 21 heavy (non-hydrogen) atoms. The number of pyridine rings is 1. The number of hydrogen-bond acceptors (Lipinski definition) is 3. The van der Waals surface area contributed by atoms with Crippen LogP contribution >= 0.6 is 0 Å². The largest absolute Gasteiger partial charge is 0.265 e. The molecule has 1 saturated heterocycles. The van der Waals surface area contributed by atoms with Crippen LogP contribution in [0.5, 0.6) is 0 Å². The van der Waals surface area contributed by atoms with E-state index in [0.29, 0.717) is 19.0 Å². The fourth-order valence-electron chi connectivity index (χ4n) is 3.62. The van der Waals surface area contributed by atoms with Crippen molar-refractivity contribution in [3.05, 3.63) is 30.1 Å². The van der Waals surface area contributed by atoms with Gasteiger partial charge in [0.25, 0.3) is 0 Å². The number of rotatable bonds is 4. The Morgan fingerprint density at radius 3 is 2.29 bits per heavy atom. The second-order valence-electron chi connectivity index (χ2n) is 6.35. The normalized spacial score (nSPS) is 22.7. The first-order valence-corrected chi connectivity index (χ1v) is 9.54. The average Bonchev–Trinajstić information content (AvgIpc) is 3.04. The summed E-state index contributed by atoms with van der Waals surface area (Å²) in [4.78, 5) is 4.04. The maximum absolute atomic E-state index is 12.6. The number of sulfonamides is 1. The van der Waals surface area contributed by atoms with Crippen LogP contribution < -0.4 is 0 Å². The van der Waals surface area contributed by atoms with Crippen LogP contribution in [0.2, 0.25) is 0 Å². The molecule has 2 aliphatic rings. The quantitative estimate of drug-likeness (QED) is 0.859. The summed E-state index contributed by atoms with van der Waals surface area (Å²) in [5.41, 5.74) is 1.31. The molecule has 0 spiro atoms. The topological polar surface area (TPSA) is 50.3 Å². The number of aromatic nitrogens is 1. The summed E-state index contributed by atoms with van der Waals surface area (Å²) in [5, 5.41) is -0.103. The van der Waals surface area contributed by atoms with E-state index in [1.807, 2.05) is 12.4 Å². The van der Waals surface area contributed by atoms with Crippen molar-refractivity contribution in [2.75, 3.05) is 13.1 Å². The van der Waals surface area contributed by atoms with Gasteiger partial charge < -0.3 is 0 Å². The third-order valence-corrected chi connectivity index (χ3v) is 7.33. The van der Waals surface area contributed by atoms with Crippen molar-refractivity contribution < 1.29 is 8.42 Å². The molecule has 5 heteroatoms. The molecular weight excluding hydrogens is 284 g/mol. The zero-order valence-electron chi connectivity index (χ0n) is 12.4. The predicted molar refractivity (Wildman–Crippen MR) is 83.4 cm³/mol. The molecule has 0 radical (unpaired) electrons.